The third kappa shape index (κ3) is 4.02. The lowest BCUT2D eigenvalue weighted by molar-refractivity contribution is 0.175. The van der Waals surface area contributed by atoms with Gasteiger partial charge in [-0.1, -0.05) is 12.1 Å². The third-order valence-corrected chi connectivity index (χ3v) is 3.39. The predicted octanol–water partition coefficient (Wildman–Crippen LogP) is 1.79. The number of nitrogens with one attached hydrogen (secondary N) is 1. The molecule has 1 aromatic rings. The summed E-state index contributed by atoms with van der Waals surface area (Å²) in [6.45, 7) is 5.21. The first kappa shape index (κ1) is 14.0. The Morgan fingerprint density at radius 1 is 1.41 bits per heavy atom. The molecular formula is C14H24N2O. The van der Waals surface area contributed by atoms with Crippen LogP contribution in [0, 0.1) is 6.92 Å². The van der Waals surface area contributed by atoms with E-state index in [0.717, 1.165) is 13.0 Å². The lowest BCUT2D eigenvalue weighted by atomic mass is 9.99. The topological polar surface area (TPSA) is 35.5 Å². The molecule has 0 saturated heterocycles. The number of rotatable bonds is 6. The Morgan fingerprint density at radius 3 is 2.65 bits per heavy atom. The molecule has 1 atom stereocenters. The molecule has 0 saturated carbocycles. The second-order valence-corrected chi connectivity index (χ2v) is 4.98. The molecule has 96 valence electrons. The molecule has 0 spiro atoms. The standard InChI is InChI=1S/C14H24N2O/c1-12-6-5-7-13(10-12)16(4)9-8-14(2,11-17)15-3/h5-7,10,15,17H,8-9,11H2,1-4H3. The number of aliphatic hydroxyl groups excluding tert-OH is 1. The molecule has 0 aliphatic heterocycles. The zero-order valence-electron chi connectivity index (χ0n) is 11.3. The van der Waals surface area contributed by atoms with E-state index in [-0.39, 0.29) is 12.1 Å². The molecule has 3 nitrogen and oxygen atoms in total. The molecule has 1 rings (SSSR count). The van der Waals surface area contributed by atoms with Crippen LogP contribution < -0.4 is 10.2 Å². The number of nitrogens with zero attached hydrogens (tertiary/aromatic N) is 1. The molecule has 0 bridgehead atoms. The van der Waals surface area contributed by atoms with Crippen molar-refractivity contribution in [1.29, 1.82) is 0 Å². The summed E-state index contributed by atoms with van der Waals surface area (Å²) in [7, 11) is 3.98. The van der Waals surface area contributed by atoms with E-state index in [1.165, 1.54) is 11.3 Å². The van der Waals surface area contributed by atoms with Crippen LogP contribution in [0.1, 0.15) is 18.9 Å². The molecule has 0 amide bonds. The summed E-state index contributed by atoms with van der Waals surface area (Å²) in [5.74, 6) is 0. The normalized spacial score (nSPS) is 14.4. The largest absolute Gasteiger partial charge is 0.394 e. The summed E-state index contributed by atoms with van der Waals surface area (Å²) < 4.78 is 0. The molecule has 0 aromatic heterocycles. The molecular weight excluding hydrogens is 212 g/mol. The van der Waals surface area contributed by atoms with Gasteiger partial charge in [-0.15, -0.1) is 0 Å². The fourth-order valence-electron chi connectivity index (χ4n) is 1.69. The summed E-state index contributed by atoms with van der Waals surface area (Å²) in [5, 5.41) is 12.5. The van der Waals surface area contributed by atoms with Gasteiger partial charge in [0.15, 0.2) is 0 Å². The zero-order valence-corrected chi connectivity index (χ0v) is 11.3. The highest BCUT2D eigenvalue weighted by atomic mass is 16.3. The van der Waals surface area contributed by atoms with Gasteiger partial charge in [0.1, 0.15) is 0 Å². The van der Waals surface area contributed by atoms with Crippen LogP contribution in [-0.2, 0) is 0 Å². The molecule has 1 aromatic carbocycles. The highest BCUT2D eigenvalue weighted by Gasteiger charge is 2.20. The minimum Gasteiger partial charge on any atom is -0.394 e. The van der Waals surface area contributed by atoms with Crippen molar-refractivity contribution in [2.24, 2.45) is 0 Å². The number of aliphatic hydroxyl groups is 1. The Morgan fingerprint density at radius 2 is 2.12 bits per heavy atom. The van der Waals surface area contributed by atoms with Crippen molar-refractivity contribution in [3.63, 3.8) is 0 Å². The Bertz CT molecular complexity index is 348. The Hall–Kier alpha value is -1.06. The molecule has 0 heterocycles. The van der Waals surface area contributed by atoms with Crippen molar-refractivity contribution >= 4 is 5.69 Å². The lowest BCUT2D eigenvalue weighted by Gasteiger charge is -2.30. The van der Waals surface area contributed by atoms with E-state index in [2.05, 4.69) is 48.5 Å². The monoisotopic (exact) mass is 236 g/mol. The van der Waals surface area contributed by atoms with Gasteiger partial charge in [0.05, 0.1) is 6.61 Å². The van der Waals surface area contributed by atoms with E-state index in [1.807, 2.05) is 14.0 Å². The average molecular weight is 236 g/mol. The highest BCUT2D eigenvalue weighted by molar-refractivity contribution is 5.47. The van der Waals surface area contributed by atoms with Crippen LogP contribution in [0.15, 0.2) is 24.3 Å². The fraction of sp³-hybridized carbons (Fsp3) is 0.571. The molecule has 1 unspecified atom stereocenters. The van der Waals surface area contributed by atoms with Crippen LogP contribution in [-0.4, -0.2) is 37.9 Å². The van der Waals surface area contributed by atoms with Crippen molar-refractivity contribution in [2.75, 3.05) is 32.1 Å². The van der Waals surface area contributed by atoms with E-state index in [1.54, 1.807) is 0 Å². The number of likely N-dealkylation sites (N-methyl/N-ethyl adjacent to an activating group) is 1. The molecule has 2 N–H and O–H groups in total. The van der Waals surface area contributed by atoms with E-state index < -0.39 is 0 Å². The first-order valence-electron chi connectivity index (χ1n) is 6.08. The van der Waals surface area contributed by atoms with Crippen LogP contribution >= 0.6 is 0 Å². The van der Waals surface area contributed by atoms with Gasteiger partial charge < -0.3 is 15.3 Å². The van der Waals surface area contributed by atoms with Gasteiger partial charge in [0, 0.05) is 24.8 Å². The number of hydrogen-bond donors (Lipinski definition) is 2. The number of benzene rings is 1. The Kier molecular flexibility index (Phi) is 4.97. The van der Waals surface area contributed by atoms with Crippen LogP contribution in [0.25, 0.3) is 0 Å². The second-order valence-electron chi connectivity index (χ2n) is 4.98. The minimum atomic E-state index is -0.196. The zero-order chi connectivity index (χ0) is 12.9. The van der Waals surface area contributed by atoms with Gasteiger partial charge in [-0.25, -0.2) is 0 Å². The highest BCUT2D eigenvalue weighted by Crippen LogP contribution is 2.16. The second kappa shape index (κ2) is 6.03. The van der Waals surface area contributed by atoms with Crippen molar-refractivity contribution < 1.29 is 5.11 Å². The van der Waals surface area contributed by atoms with E-state index in [0.29, 0.717) is 0 Å². The number of hydrogen-bond acceptors (Lipinski definition) is 3. The van der Waals surface area contributed by atoms with Gasteiger partial charge in [0.25, 0.3) is 0 Å². The third-order valence-electron chi connectivity index (χ3n) is 3.39. The van der Waals surface area contributed by atoms with E-state index >= 15 is 0 Å². The maximum atomic E-state index is 9.33. The van der Waals surface area contributed by atoms with Gasteiger partial charge in [-0.2, -0.15) is 0 Å². The smallest absolute Gasteiger partial charge is 0.0611 e. The van der Waals surface area contributed by atoms with E-state index in [4.69, 9.17) is 0 Å². The first-order chi connectivity index (χ1) is 8.00. The molecule has 3 heteroatoms. The summed E-state index contributed by atoms with van der Waals surface area (Å²) in [4.78, 5) is 2.22. The minimum absolute atomic E-state index is 0.158. The molecule has 0 aliphatic carbocycles. The van der Waals surface area contributed by atoms with Gasteiger partial charge in [-0.3, -0.25) is 0 Å². The fourth-order valence-corrected chi connectivity index (χ4v) is 1.69. The Labute approximate surface area is 104 Å². The maximum Gasteiger partial charge on any atom is 0.0611 e. The van der Waals surface area contributed by atoms with Gasteiger partial charge in [-0.05, 0) is 45.0 Å². The quantitative estimate of drug-likeness (QED) is 0.790. The van der Waals surface area contributed by atoms with Crippen LogP contribution in [0.2, 0.25) is 0 Å². The lowest BCUT2D eigenvalue weighted by Crippen LogP contribution is -2.45. The summed E-state index contributed by atoms with van der Waals surface area (Å²) in [6.07, 6.45) is 0.907. The SMILES string of the molecule is CNC(C)(CO)CCN(C)c1cccc(C)c1. The summed E-state index contributed by atoms with van der Waals surface area (Å²) in [6, 6.07) is 8.46. The summed E-state index contributed by atoms with van der Waals surface area (Å²) >= 11 is 0. The van der Waals surface area contributed by atoms with Crippen molar-refractivity contribution in [1.82, 2.24) is 5.32 Å². The van der Waals surface area contributed by atoms with Gasteiger partial charge in [0.2, 0.25) is 0 Å². The van der Waals surface area contributed by atoms with E-state index in [9.17, 15) is 5.11 Å². The van der Waals surface area contributed by atoms with Crippen LogP contribution in [0.3, 0.4) is 0 Å². The summed E-state index contributed by atoms with van der Waals surface area (Å²) in [5.41, 5.74) is 2.30. The van der Waals surface area contributed by atoms with Gasteiger partial charge >= 0.3 is 0 Å². The molecule has 0 fully saturated rings. The number of anilines is 1. The van der Waals surface area contributed by atoms with Crippen LogP contribution in [0.5, 0.6) is 0 Å². The molecule has 0 radical (unpaired) electrons. The molecule has 17 heavy (non-hydrogen) atoms. The average Bonchev–Trinajstić information content (AvgIpc) is 2.35. The maximum absolute atomic E-state index is 9.33. The number of aryl methyl sites for hydroxylation is 1. The first-order valence-corrected chi connectivity index (χ1v) is 6.08. The van der Waals surface area contributed by atoms with Crippen molar-refractivity contribution in [3.8, 4) is 0 Å². The predicted molar refractivity (Wildman–Crippen MR) is 73.6 cm³/mol. The Balaban J connectivity index is 2.58. The molecule has 0 aliphatic rings. The van der Waals surface area contributed by atoms with Crippen molar-refractivity contribution in [3.05, 3.63) is 29.8 Å². The van der Waals surface area contributed by atoms with Crippen LogP contribution in [0.4, 0.5) is 5.69 Å². The van der Waals surface area contributed by atoms with Crippen molar-refractivity contribution in [2.45, 2.75) is 25.8 Å².